The third-order valence-electron chi connectivity index (χ3n) is 10.7. The number of para-hydroxylation sites is 2. The number of hydrogen-bond donors (Lipinski definition) is 0. The van der Waals surface area contributed by atoms with Gasteiger partial charge in [-0.25, -0.2) is 0 Å². The van der Waals surface area contributed by atoms with Crippen LogP contribution < -0.4 is 0 Å². The van der Waals surface area contributed by atoms with Gasteiger partial charge in [-0.05, 0) is 101 Å². The highest BCUT2D eigenvalue weighted by molar-refractivity contribution is 6.13. The number of benzene rings is 7. The van der Waals surface area contributed by atoms with E-state index in [1.807, 2.05) is 79.1 Å². The van der Waals surface area contributed by atoms with Crippen molar-refractivity contribution in [2.45, 2.75) is 0 Å². The molecule has 6 nitrogen and oxygen atoms in total. The molecular weight excluding hydrogens is 685 g/mol. The van der Waals surface area contributed by atoms with Gasteiger partial charge in [0.2, 0.25) is 0 Å². The molecule has 0 bridgehead atoms. The van der Waals surface area contributed by atoms with Crippen LogP contribution in [0.4, 0.5) is 0 Å². The van der Waals surface area contributed by atoms with E-state index >= 15 is 0 Å². The quantitative estimate of drug-likeness (QED) is 0.177. The molecule has 7 aromatic carbocycles. The zero-order valence-corrected chi connectivity index (χ0v) is 29.8. The third kappa shape index (κ3) is 5.12. The van der Waals surface area contributed by atoms with Crippen LogP contribution in [0.1, 0.15) is 16.7 Å². The highest BCUT2D eigenvalue weighted by Gasteiger charge is 2.23. The standard InChI is InChI=1S/C50H28N6/c51-27-32-12-16-35(17-13-32)37-20-22-46-42(25-37)40-8-1-3-10-44(40)55(46)48-30-54-31-49(50(48)39-7-5-6-34(24-39)29-53)56-45-11-4-2-9-41(45)43-26-38(21-23-47(43)56)36-18-14-33(28-52)15-19-36/h1-26,30-31H. The normalized spacial score (nSPS) is 11.2. The number of pyridine rings is 1. The zero-order chi connectivity index (χ0) is 37.8. The second kappa shape index (κ2) is 13.0. The van der Waals surface area contributed by atoms with Crippen molar-refractivity contribution in [1.29, 1.82) is 15.8 Å². The van der Waals surface area contributed by atoms with Gasteiger partial charge >= 0.3 is 0 Å². The summed E-state index contributed by atoms with van der Waals surface area (Å²) in [6.07, 6.45) is 3.85. The molecular formula is C50H28N6. The SMILES string of the molecule is N#Cc1ccc(-c2ccc3c(c2)c2ccccc2n3-c2cncc(-n3c4ccccc4c4cc(-c5ccc(C#N)cc5)ccc43)c2-c2cccc(C#N)c2)cc1. The Kier molecular flexibility index (Phi) is 7.53. The van der Waals surface area contributed by atoms with Crippen LogP contribution in [-0.2, 0) is 0 Å². The molecule has 0 saturated carbocycles. The number of fused-ring (bicyclic) bond motifs is 6. The van der Waals surface area contributed by atoms with Crippen LogP contribution in [0.25, 0.3) is 88.4 Å². The first-order valence-electron chi connectivity index (χ1n) is 18.2. The van der Waals surface area contributed by atoms with Crippen molar-refractivity contribution in [2.75, 3.05) is 0 Å². The van der Waals surface area contributed by atoms with Crippen molar-refractivity contribution >= 4 is 43.6 Å². The van der Waals surface area contributed by atoms with Gasteiger partial charge in [0.05, 0.1) is 80.7 Å². The molecule has 0 atom stereocenters. The minimum atomic E-state index is 0.569. The van der Waals surface area contributed by atoms with Crippen molar-refractivity contribution in [3.05, 3.63) is 187 Å². The lowest BCUT2D eigenvalue weighted by atomic mass is 10.00. The summed E-state index contributed by atoms with van der Waals surface area (Å²) >= 11 is 0. The maximum absolute atomic E-state index is 10.1. The van der Waals surface area contributed by atoms with E-state index in [0.717, 1.165) is 88.4 Å². The van der Waals surface area contributed by atoms with E-state index in [2.05, 4.69) is 118 Å². The van der Waals surface area contributed by atoms with Crippen LogP contribution >= 0.6 is 0 Å². The third-order valence-corrected chi connectivity index (χ3v) is 10.7. The van der Waals surface area contributed by atoms with E-state index in [1.54, 1.807) is 0 Å². The molecule has 0 unspecified atom stereocenters. The molecule has 3 aromatic heterocycles. The molecule has 0 spiro atoms. The maximum atomic E-state index is 10.1. The molecule has 0 aliphatic rings. The number of nitriles is 3. The Morgan fingerprint density at radius 3 is 1.29 bits per heavy atom. The highest BCUT2D eigenvalue weighted by atomic mass is 15.0. The van der Waals surface area contributed by atoms with Gasteiger partial charge in [-0.2, -0.15) is 15.8 Å². The largest absolute Gasteiger partial charge is 0.307 e. The summed E-state index contributed by atoms with van der Waals surface area (Å²) in [5.41, 5.74) is 13.7. The Morgan fingerprint density at radius 2 is 0.804 bits per heavy atom. The minimum Gasteiger partial charge on any atom is -0.307 e. The molecule has 0 radical (unpaired) electrons. The van der Waals surface area contributed by atoms with Gasteiger partial charge in [0.1, 0.15) is 0 Å². The van der Waals surface area contributed by atoms with Gasteiger partial charge < -0.3 is 9.13 Å². The predicted molar refractivity (Wildman–Crippen MR) is 223 cm³/mol. The second-order valence-electron chi connectivity index (χ2n) is 13.8. The van der Waals surface area contributed by atoms with Gasteiger partial charge in [-0.3, -0.25) is 4.98 Å². The Balaban J connectivity index is 1.26. The van der Waals surface area contributed by atoms with Crippen molar-refractivity contribution in [2.24, 2.45) is 0 Å². The van der Waals surface area contributed by atoms with Crippen LogP contribution in [0.15, 0.2) is 170 Å². The fourth-order valence-corrected chi connectivity index (χ4v) is 8.12. The van der Waals surface area contributed by atoms with E-state index in [-0.39, 0.29) is 0 Å². The lowest BCUT2D eigenvalue weighted by Gasteiger charge is -2.19. The van der Waals surface area contributed by atoms with Gasteiger partial charge in [0, 0.05) is 27.1 Å². The summed E-state index contributed by atoms with van der Waals surface area (Å²) < 4.78 is 4.57. The number of hydrogen-bond acceptors (Lipinski definition) is 4. The first-order chi connectivity index (χ1) is 27.6. The van der Waals surface area contributed by atoms with E-state index in [9.17, 15) is 15.8 Å². The van der Waals surface area contributed by atoms with Crippen molar-refractivity contribution in [3.8, 4) is 63.0 Å². The molecule has 0 saturated heterocycles. The van der Waals surface area contributed by atoms with Gasteiger partial charge in [0.25, 0.3) is 0 Å². The van der Waals surface area contributed by atoms with Crippen LogP contribution in [0.5, 0.6) is 0 Å². The molecule has 3 heterocycles. The topological polar surface area (TPSA) is 94.1 Å². The van der Waals surface area contributed by atoms with E-state index in [1.165, 1.54) is 0 Å². The van der Waals surface area contributed by atoms with Gasteiger partial charge in [0.15, 0.2) is 0 Å². The Morgan fingerprint density at radius 1 is 0.357 bits per heavy atom. The zero-order valence-electron chi connectivity index (χ0n) is 29.8. The number of rotatable bonds is 5. The lowest BCUT2D eigenvalue weighted by Crippen LogP contribution is -2.05. The second-order valence-corrected chi connectivity index (χ2v) is 13.8. The Labute approximate surface area is 322 Å². The molecule has 56 heavy (non-hydrogen) atoms. The summed E-state index contributed by atoms with van der Waals surface area (Å²) in [4.78, 5) is 4.96. The van der Waals surface area contributed by atoms with Crippen LogP contribution in [0.3, 0.4) is 0 Å². The average Bonchev–Trinajstić information content (AvgIpc) is 3.78. The monoisotopic (exact) mass is 712 g/mol. The van der Waals surface area contributed by atoms with Crippen molar-refractivity contribution in [3.63, 3.8) is 0 Å². The van der Waals surface area contributed by atoms with Crippen LogP contribution in [-0.4, -0.2) is 14.1 Å². The first-order valence-corrected chi connectivity index (χ1v) is 18.2. The fourth-order valence-electron chi connectivity index (χ4n) is 8.12. The maximum Gasteiger partial charge on any atom is 0.0991 e. The summed E-state index contributed by atoms with van der Waals surface area (Å²) in [7, 11) is 0. The first kappa shape index (κ1) is 32.4. The average molecular weight is 713 g/mol. The van der Waals surface area contributed by atoms with E-state index < -0.39 is 0 Å². The fraction of sp³-hybridized carbons (Fsp3) is 0. The minimum absolute atomic E-state index is 0.569. The molecule has 0 aliphatic heterocycles. The molecule has 10 aromatic rings. The number of aromatic nitrogens is 3. The van der Waals surface area contributed by atoms with E-state index in [4.69, 9.17) is 4.98 Å². The lowest BCUT2D eigenvalue weighted by molar-refractivity contribution is 1.09. The number of nitrogens with zero attached hydrogens (tertiary/aromatic N) is 6. The molecule has 0 fully saturated rings. The predicted octanol–water partition coefficient (Wildman–Crippen LogP) is 11.9. The summed E-state index contributed by atoms with van der Waals surface area (Å²) in [6.45, 7) is 0. The van der Waals surface area contributed by atoms with Crippen molar-refractivity contribution < 1.29 is 0 Å². The summed E-state index contributed by atoms with van der Waals surface area (Å²) in [5.74, 6) is 0. The Bertz CT molecular complexity index is 3130. The molecule has 0 amide bonds. The van der Waals surface area contributed by atoms with E-state index in [0.29, 0.717) is 16.7 Å². The molecule has 6 heteroatoms. The van der Waals surface area contributed by atoms with Gasteiger partial charge in [-0.15, -0.1) is 0 Å². The van der Waals surface area contributed by atoms with Crippen LogP contribution in [0, 0.1) is 34.0 Å². The molecule has 0 aliphatic carbocycles. The summed E-state index contributed by atoms with van der Waals surface area (Å²) in [6, 6.07) is 59.8. The Hall–Kier alpha value is -8.24. The van der Waals surface area contributed by atoms with Gasteiger partial charge in [-0.1, -0.05) is 84.9 Å². The smallest absolute Gasteiger partial charge is 0.0991 e. The van der Waals surface area contributed by atoms with Crippen molar-refractivity contribution in [1.82, 2.24) is 14.1 Å². The summed E-state index contributed by atoms with van der Waals surface area (Å²) in [5, 5.41) is 33.2. The highest BCUT2D eigenvalue weighted by Crippen LogP contribution is 2.43. The van der Waals surface area contributed by atoms with Crippen LogP contribution in [0.2, 0.25) is 0 Å². The molecule has 0 N–H and O–H groups in total. The molecule has 10 rings (SSSR count). The molecule has 258 valence electrons.